The minimum atomic E-state index is -4.60. The van der Waals surface area contributed by atoms with Crippen LogP contribution in [0.15, 0.2) is 11.0 Å². The molecule has 10 nitrogen and oxygen atoms in total. The number of nitrogen functional groups attached to an aromatic ring is 1. The van der Waals surface area contributed by atoms with E-state index in [1.54, 1.807) is 13.1 Å². The smallest absolute Gasteiger partial charge is 0.383 e. The van der Waals surface area contributed by atoms with Crippen LogP contribution in [0.1, 0.15) is 31.2 Å². The molecule has 25 heavy (non-hydrogen) atoms. The molecule has 1 saturated heterocycles. The third kappa shape index (κ3) is 5.78. The van der Waals surface area contributed by atoms with Crippen LogP contribution in [0.2, 0.25) is 0 Å². The van der Waals surface area contributed by atoms with Crippen LogP contribution < -0.4 is 11.4 Å². The van der Waals surface area contributed by atoms with Gasteiger partial charge in [0.05, 0.1) is 12.7 Å². The molecule has 1 aliphatic rings. The van der Waals surface area contributed by atoms with Crippen LogP contribution in [-0.4, -0.2) is 48.2 Å². The van der Waals surface area contributed by atoms with E-state index in [1.807, 2.05) is 0 Å². The van der Waals surface area contributed by atoms with Crippen LogP contribution in [0.4, 0.5) is 5.82 Å². The van der Waals surface area contributed by atoms with Gasteiger partial charge in [0.25, 0.3) is 0 Å². The largest absolute Gasteiger partial charge is 0.469 e. The van der Waals surface area contributed by atoms with Crippen molar-refractivity contribution in [2.24, 2.45) is 0 Å². The van der Waals surface area contributed by atoms with Crippen LogP contribution >= 0.6 is 19.6 Å². The molecular formula is C13H22N3O7PS. The topological polar surface area (TPSA) is 157 Å². The zero-order valence-electron chi connectivity index (χ0n) is 14.0. The van der Waals surface area contributed by atoms with Crippen molar-refractivity contribution in [2.75, 3.05) is 12.3 Å². The molecule has 3 atom stereocenters. The van der Waals surface area contributed by atoms with Gasteiger partial charge in [-0.1, -0.05) is 0 Å². The highest BCUT2D eigenvalue weighted by molar-refractivity contribution is 8.00. The number of rotatable bonds is 6. The second-order valence-electron chi connectivity index (χ2n) is 6.27. The lowest BCUT2D eigenvalue weighted by Crippen LogP contribution is -2.36. The Morgan fingerprint density at radius 1 is 1.52 bits per heavy atom. The molecule has 1 aromatic heterocycles. The predicted octanol–water partition coefficient (Wildman–Crippen LogP) is 0.361. The second-order valence-corrected chi connectivity index (χ2v) is 8.93. The van der Waals surface area contributed by atoms with E-state index in [9.17, 15) is 14.5 Å². The number of aliphatic hydroxyl groups is 1. The molecule has 1 aliphatic heterocycles. The monoisotopic (exact) mass is 395 g/mol. The molecule has 0 radical (unpaired) electrons. The zero-order valence-corrected chi connectivity index (χ0v) is 15.7. The molecule has 3 unspecified atom stereocenters. The minimum absolute atomic E-state index is 0.130. The number of aromatic nitrogens is 2. The molecule has 1 fully saturated rings. The number of nitrogens with zero attached hydrogens (tertiary/aromatic N) is 2. The number of phosphoric acid groups is 1. The molecule has 0 saturated carbocycles. The van der Waals surface area contributed by atoms with Crippen molar-refractivity contribution >= 4 is 25.4 Å². The van der Waals surface area contributed by atoms with Crippen molar-refractivity contribution in [1.29, 1.82) is 0 Å². The summed E-state index contributed by atoms with van der Waals surface area (Å²) in [6.45, 7) is 4.41. The molecular weight excluding hydrogens is 373 g/mol. The lowest BCUT2D eigenvalue weighted by atomic mass is 10.2. The molecule has 0 spiro atoms. The lowest BCUT2D eigenvalue weighted by Gasteiger charge is -2.28. The Balaban J connectivity index is 2.27. The Morgan fingerprint density at radius 3 is 2.72 bits per heavy atom. The van der Waals surface area contributed by atoms with Crippen molar-refractivity contribution in [3.05, 3.63) is 22.2 Å². The Hall–Kier alpha value is -0.940. The SMILES string of the molecule is Cc1cn(C2SC(COP(=O)(O)O)CC2OC(C)(C)O)c(=O)nc1N. The predicted molar refractivity (Wildman–Crippen MR) is 91.8 cm³/mol. The van der Waals surface area contributed by atoms with Gasteiger partial charge >= 0.3 is 13.5 Å². The number of anilines is 1. The number of ether oxygens (including phenoxy) is 1. The van der Waals surface area contributed by atoms with Gasteiger partial charge in [-0.05, 0) is 27.2 Å². The molecule has 142 valence electrons. The van der Waals surface area contributed by atoms with Gasteiger partial charge in [0.15, 0.2) is 5.79 Å². The summed E-state index contributed by atoms with van der Waals surface area (Å²) in [5, 5.41) is 9.06. The van der Waals surface area contributed by atoms with Gasteiger partial charge in [-0.2, -0.15) is 4.98 Å². The average molecular weight is 395 g/mol. The quantitative estimate of drug-likeness (QED) is 0.391. The number of hydrogen-bond acceptors (Lipinski definition) is 8. The molecule has 0 aliphatic carbocycles. The van der Waals surface area contributed by atoms with Crippen molar-refractivity contribution in [1.82, 2.24) is 9.55 Å². The van der Waals surface area contributed by atoms with Crippen molar-refractivity contribution < 1.29 is 28.7 Å². The number of hydrogen-bond donors (Lipinski definition) is 4. The summed E-state index contributed by atoms with van der Waals surface area (Å²) in [4.78, 5) is 33.7. The van der Waals surface area contributed by atoms with Crippen LogP contribution in [0, 0.1) is 6.92 Å². The summed E-state index contributed by atoms with van der Waals surface area (Å²) in [6, 6.07) is 0. The van der Waals surface area contributed by atoms with Gasteiger partial charge in [0.2, 0.25) is 0 Å². The third-order valence-electron chi connectivity index (χ3n) is 3.46. The molecule has 0 aromatic carbocycles. The van der Waals surface area contributed by atoms with Gasteiger partial charge in [-0.3, -0.25) is 9.09 Å². The Kier molecular flexibility index (Phi) is 5.99. The van der Waals surface area contributed by atoms with E-state index in [0.717, 1.165) is 0 Å². The Morgan fingerprint density at radius 2 is 2.16 bits per heavy atom. The zero-order chi connectivity index (χ0) is 19.0. The molecule has 5 N–H and O–H groups in total. The Bertz CT molecular complexity index is 729. The summed E-state index contributed by atoms with van der Waals surface area (Å²) < 4.78 is 22.4. The molecule has 0 bridgehead atoms. The molecule has 2 rings (SSSR count). The first-order valence-corrected chi connectivity index (χ1v) is 9.94. The first kappa shape index (κ1) is 20.4. The number of phosphoric ester groups is 1. The number of nitrogens with two attached hydrogens (primary N) is 1. The highest BCUT2D eigenvalue weighted by Gasteiger charge is 2.41. The van der Waals surface area contributed by atoms with Crippen molar-refractivity contribution in [3.63, 3.8) is 0 Å². The summed E-state index contributed by atoms with van der Waals surface area (Å²) in [5.74, 6) is -1.31. The van der Waals surface area contributed by atoms with E-state index in [1.165, 1.54) is 30.2 Å². The summed E-state index contributed by atoms with van der Waals surface area (Å²) in [6.07, 6.45) is 1.29. The minimum Gasteiger partial charge on any atom is -0.383 e. The van der Waals surface area contributed by atoms with E-state index in [4.69, 9.17) is 20.3 Å². The molecule has 2 heterocycles. The van der Waals surface area contributed by atoms with Gasteiger partial charge < -0.3 is 25.4 Å². The first-order chi connectivity index (χ1) is 11.4. The molecule has 0 amide bonds. The third-order valence-corrected chi connectivity index (χ3v) is 5.47. The Labute approximate surface area is 148 Å². The lowest BCUT2D eigenvalue weighted by molar-refractivity contribution is -0.208. The molecule has 12 heteroatoms. The second kappa shape index (κ2) is 7.36. The fraction of sp³-hybridized carbons (Fsp3) is 0.692. The summed E-state index contributed by atoms with van der Waals surface area (Å²) in [5.41, 5.74) is 5.68. The van der Waals surface area contributed by atoms with Crippen LogP contribution in [0.25, 0.3) is 0 Å². The van der Waals surface area contributed by atoms with E-state index in [2.05, 4.69) is 9.51 Å². The highest BCUT2D eigenvalue weighted by atomic mass is 32.2. The summed E-state index contributed by atoms with van der Waals surface area (Å²) >= 11 is 1.26. The van der Waals surface area contributed by atoms with Crippen molar-refractivity contribution in [2.45, 2.75) is 49.7 Å². The number of thioether (sulfide) groups is 1. The van der Waals surface area contributed by atoms with E-state index >= 15 is 0 Å². The fourth-order valence-corrected chi connectivity index (χ4v) is 4.43. The van der Waals surface area contributed by atoms with Crippen LogP contribution in [0.5, 0.6) is 0 Å². The van der Waals surface area contributed by atoms with Gasteiger partial charge in [-0.15, -0.1) is 11.8 Å². The first-order valence-electron chi connectivity index (χ1n) is 7.47. The maximum Gasteiger partial charge on any atom is 0.469 e. The average Bonchev–Trinajstić information content (AvgIpc) is 2.80. The van der Waals surface area contributed by atoms with E-state index in [0.29, 0.717) is 12.0 Å². The maximum atomic E-state index is 12.2. The van der Waals surface area contributed by atoms with E-state index < -0.39 is 30.8 Å². The van der Waals surface area contributed by atoms with Gasteiger partial charge in [0, 0.05) is 17.0 Å². The molecule has 1 aromatic rings. The highest BCUT2D eigenvalue weighted by Crippen LogP contribution is 2.46. The standard InChI is InChI=1S/C13H22N3O7PS/c1-7-5-16(12(17)15-10(7)14)11-9(23-13(2,3)18)4-8(25-11)6-22-24(19,20)21/h5,8-9,11,18H,4,6H2,1-3H3,(H2,14,15,17)(H2,19,20,21). The maximum absolute atomic E-state index is 12.2. The number of aryl methyl sites for hydroxylation is 1. The van der Waals surface area contributed by atoms with Crippen LogP contribution in [-0.2, 0) is 13.8 Å². The van der Waals surface area contributed by atoms with Crippen molar-refractivity contribution in [3.8, 4) is 0 Å². The van der Waals surface area contributed by atoms with Gasteiger partial charge in [-0.25, -0.2) is 9.36 Å². The van der Waals surface area contributed by atoms with E-state index in [-0.39, 0.29) is 17.7 Å². The van der Waals surface area contributed by atoms with Crippen LogP contribution in [0.3, 0.4) is 0 Å². The van der Waals surface area contributed by atoms with Gasteiger partial charge in [0.1, 0.15) is 11.2 Å². The summed E-state index contributed by atoms with van der Waals surface area (Å²) in [7, 11) is -4.60. The fourth-order valence-electron chi connectivity index (χ4n) is 2.49. The normalized spacial score (nSPS) is 24.6.